The van der Waals surface area contributed by atoms with Gasteiger partial charge in [0.05, 0.1) is 33.4 Å². The molecule has 2 aromatic heterocycles. The maximum atomic E-state index is 13.3. The molecule has 0 aliphatic rings. The number of hydrogen-bond donors (Lipinski definition) is 0. The predicted octanol–water partition coefficient (Wildman–Crippen LogP) is 8.29. The van der Waals surface area contributed by atoms with Gasteiger partial charge in [0.25, 0.3) is 0 Å². The largest absolute Gasteiger partial charge is 0.308 e. The lowest BCUT2D eigenvalue weighted by Gasteiger charge is -2.18. The Morgan fingerprint density at radius 2 is 0.711 bits per heavy atom. The number of carbonyl (C=O) groups is 2. The van der Waals surface area contributed by atoms with Crippen LogP contribution in [0.4, 0.5) is 0 Å². The molecule has 7 rings (SSSR count). The number of nitrogens with zero attached hydrogens (tertiary/aromatic N) is 2. The van der Waals surface area contributed by atoms with Crippen molar-refractivity contribution in [2.24, 2.45) is 0 Å². The summed E-state index contributed by atoms with van der Waals surface area (Å²) in [5, 5.41) is 4.42. The van der Waals surface area contributed by atoms with Crippen LogP contribution < -0.4 is 0 Å². The first kappa shape index (κ1) is 22.3. The van der Waals surface area contributed by atoms with Gasteiger partial charge in [-0.05, 0) is 50.2 Å². The van der Waals surface area contributed by atoms with Crippen LogP contribution in [0.3, 0.4) is 0 Å². The van der Waals surface area contributed by atoms with Gasteiger partial charge in [-0.3, -0.25) is 9.59 Å². The molecular formula is C34H24N2O2. The molecule has 2 heterocycles. The van der Waals surface area contributed by atoms with Crippen molar-refractivity contribution in [3.8, 4) is 11.4 Å². The van der Waals surface area contributed by atoms with Crippen LogP contribution in [-0.2, 0) is 0 Å². The number of carbonyl (C=O) groups excluding carboxylic acids is 2. The first-order valence-electron chi connectivity index (χ1n) is 12.7. The van der Waals surface area contributed by atoms with Crippen molar-refractivity contribution < 1.29 is 9.59 Å². The SMILES string of the molecule is CC(=O)c1cc(-n2c3ccccc3c3ccccc32)c(C(C)=O)cc1-n1c2ccccc2c2ccccc21. The lowest BCUT2D eigenvalue weighted by Crippen LogP contribution is -2.11. The van der Waals surface area contributed by atoms with Crippen molar-refractivity contribution in [1.82, 2.24) is 9.13 Å². The fraction of sp³-hybridized carbons (Fsp3) is 0.0588. The summed E-state index contributed by atoms with van der Waals surface area (Å²) in [6, 6.07) is 36.6. The van der Waals surface area contributed by atoms with Crippen LogP contribution in [0.15, 0.2) is 109 Å². The quantitative estimate of drug-likeness (QED) is 0.232. The molecule has 0 bridgehead atoms. The van der Waals surface area contributed by atoms with Crippen LogP contribution in [0.5, 0.6) is 0 Å². The summed E-state index contributed by atoms with van der Waals surface area (Å²) in [5.41, 5.74) is 6.54. The zero-order valence-corrected chi connectivity index (χ0v) is 21.1. The Labute approximate surface area is 219 Å². The Balaban J connectivity index is 1.63. The molecule has 5 aromatic carbocycles. The van der Waals surface area contributed by atoms with E-state index >= 15 is 0 Å². The Morgan fingerprint density at radius 3 is 0.974 bits per heavy atom. The van der Waals surface area contributed by atoms with Crippen molar-refractivity contribution in [2.75, 3.05) is 0 Å². The van der Waals surface area contributed by atoms with E-state index in [9.17, 15) is 9.59 Å². The molecule has 0 spiro atoms. The highest BCUT2D eigenvalue weighted by Gasteiger charge is 2.23. The Hall–Kier alpha value is -4.96. The lowest BCUT2D eigenvalue weighted by atomic mass is 10.0. The van der Waals surface area contributed by atoms with E-state index in [4.69, 9.17) is 0 Å². The third-order valence-electron chi connectivity index (χ3n) is 7.51. The van der Waals surface area contributed by atoms with Crippen LogP contribution in [0.25, 0.3) is 55.0 Å². The minimum Gasteiger partial charge on any atom is -0.308 e. The molecule has 0 saturated heterocycles. The molecule has 0 saturated carbocycles. The molecule has 0 aliphatic heterocycles. The average molecular weight is 493 g/mol. The highest BCUT2D eigenvalue weighted by molar-refractivity contribution is 6.13. The van der Waals surface area contributed by atoms with Crippen LogP contribution in [0, 0.1) is 0 Å². The molecule has 7 aromatic rings. The summed E-state index contributed by atoms with van der Waals surface area (Å²) in [6.07, 6.45) is 0. The molecule has 0 radical (unpaired) electrons. The van der Waals surface area contributed by atoms with Crippen molar-refractivity contribution in [3.05, 3.63) is 120 Å². The lowest BCUT2D eigenvalue weighted by molar-refractivity contribution is 0.100. The van der Waals surface area contributed by atoms with Crippen molar-refractivity contribution in [2.45, 2.75) is 13.8 Å². The van der Waals surface area contributed by atoms with Gasteiger partial charge < -0.3 is 9.13 Å². The number of benzene rings is 5. The van der Waals surface area contributed by atoms with E-state index in [2.05, 4.69) is 57.7 Å². The maximum absolute atomic E-state index is 13.3. The smallest absolute Gasteiger partial charge is 0.161 e. The zero-order chi connectivity index (χ0) is 26.0. The number of para-hydroxylation sites is 4. The summed E-state index contributed by atoms with van der Waals surface area (Å²) in [5.74, 6) is -0.113. The molecule has 4 nitrogen and oxygen atoms in total. The van der Waals surface area contributed by atoms with Crippen LogP contribution in [-0.4, -0.2) is 20.7 Å². The number of hydrogen-bond acceptors (Lipinski definition) is 2. The van der Waals surface area contributed by atoms with Crippen LogP contribution in [0.2, 0.25) is 0 Å². The Bertz CT molecular complexity index is 1830. The number of ketones is 2. The summed E-state index contributed by atoms with van der Waals surface area (Å²) in [7, 11) is 0. The topological polar surface area (TPSA) is 44.0 Å². The van der Waals surface area contributed by atoms with E-state index in [0.717, 1.165) is 43.6 Å². The van der Waals surface area contributed by atoms with E-state index in [1.54, 1.807) is 13.8 Å². The molecule has 182 valence electrons. The molecule has 0 unspecified atom stereocenters. The second-order valence-electron chi connectivity index (χ2n) is 9.74. The second kappa shape index (κ2) is 8.29. The molecule has 0 aliphatic carbocycles. The third-order valence-corrected chi connectivity index (χ3v) is 7.51. The van der Waals surface area contributed by atoms with E-state index in [1.807, 2.05) is 60.7 Å². The summed E-state index contributed by atoms with van der Waals surface area (Å²) >= 11 is 0. The number of aromatic nitrogens is 2. The highest BCUT2D eigenvalue weighted by atomic mass is 16.1. The zero-order valence-electron chi connectivity index (χ0n) is 21.1. The summed E-state index contributed by atoms with van der Waals surface area (Å²) in [4.78, 5) is 26.5. The molecule has 4 heteroatoms. The molecule has 0 N–H and O–H groups in total. The standard InChI is InChI=1S/C34H24N2O2/c1-21(37)27-19-34(36-31-17-9-5-13-25(31)26-14-6-10-18-32(26)36)28(22(2)38)20-33(27)35-29-15-7-3-11-23(29)24-12-4-8-16-30(24)35/h3-20H,1-2H3. The van der Waals surface area contributed by atoms with Gasteiger partial charge in [0.1, 0.15) is 0 Å². The van der Waals surface area contributed by atoms with E-state index in [0.29, 0.717) is 22.5 Å². The van der Waals surface area contributed by atoms with E-state index < -0.39 is 0 Å². The van der Waals surface area contributed by atoms with Gasteiger partial charge in [-0.2, -0.15) is 0 Å². The molecule has 0 fully saturated rings. The highest BCUT2D eigenvalue weighted by Crippen LogP contribution is 2.37. The van der Waals surface area contributed by atoms with Crippen LogP contribution >= 0.6 is 0 Å². The maximum Gasteiger partial charge on any atom is 0.161 e. The van der Waals surface area contributed by atoms with Gasteiger partial charge in [-0.1, -0.05) is 72.8 Å². The second-order valence-corrected chi connectivity index (χ2v) is 9.74. The minimum atomic E-state index is -0.0565. The summed E-state index contributed by atoms with van der Waals surface area (Å²) < 4.78 is 4.23. The van der Waals surface area contributed by atoms with Crippen molar-refractivity contribution in [1.29, 1.82) is 0 Å². The molecule has 38 heavy (non-hydrogen) atoms. The van der Waals surface area contributed by atoms with E-state index in [-0.39, 0.29) is 11.6 Å². The normalized spacial score (nSPS) is 11.6. The van der Waals surface area contributed by atoms with Gasteiger partial charge in [0.15, 0.2) is 11.6 Å². The third kappa shape index (κ3) is 3.10. The van der Waals surface area contributed by atoms with Gasteiger partial charge >= 0.3 is 0 Å². The van der Waals surface area contributed by atoms with Gasteiger partial charge in [0.2, 0.25) is 0 Å². The van der Waals surface area contributed by atoms with Gasteiger partial charge in [-0.15, -0.1) is 0 Å². The van der Waals surface area contributed by atoms with Gasteiger partial charge in [-0.25, -0.2) is 0 Å². The molecule has 0 atom stereocenters. The predicted molar refractivity (Wildman–Crippen MR) is 155 cm³/mol. The Kier molecular flexibility index (Phi) is 4.85. The number of rotatable bonds is 4. The fourth-order valence-electron chi connectivity index (χ4n) is 5.87. The molecular weight excluding hydrogens is 468 g/mol. The first-order chi connectivity index (χ1) is 18.5. The van der Waals surface area contributed by atoms with E-state index in [1.165, 1.54) is 0 Å². The van der Waals surface area contributed by atoms with Crippen LogP contribution in [0.1, 0.15) is 34.6 Å². The summed E-state index contributed by atoms with van der Waals surface area (Å²) in [6.45, 7) is 3.19. The van der Waals surface area contributed by atoms with Gasteiger partial charge in [0, 0.05) is 32.7 Å². The average Bonchev–Trinajstić information content (AvgIpc) is 3.45. The monoisotopic (exact) mass is 492 g/mol. The Morgan fingerprint density at radius 1 is 0.447 bits per heavy atom. The van der Waals surface area contributed by atoms with Crippen molar-refractivity contribution >= 4 is 55.2 Å². The number of fused-ring (bicyclic) bond motifs is 6. The molecule has 0 amide bonds. The fourth-order valence-corrected chi connectivity index (χ4v) is 5.87. The number of Topliss-reactive ketones (excluding diaryl/α,β-unsaturated/α-hetero) is 2. The van der Waals surface area contributed by atoms with Crippen molar-refractivity contribution in [3.63, 3.8) is 0 Å². The minimum absolute atomic E-state index is 0.0565. The first-order valence-corrected chi connectivity index (χ1v) is 12.7.